The number of anilines is 2. The summed E-state index contributed by atoms with van der Waals surface area (Å²) in [6.45, 7) is 5.77. The van der Waals surface area contributed by atoms with Crippen LogP contribution in [0.3, 0.4) is 0 Å². The molecule has 0 bridgehead atoms. The van der Waals surface area contributed by atoms with Crippen LogP contribution >= 0.6 is 23.6 Å². The third kappa shape index (κ3) is 4.68. The number of thiocarbonyl (C=S) groups is 1. The van der Waals surface area contributed by atoms with Crippen molar-refractivity contribution in [2.45, 2.75) is 32.9 Å². The third-order valence-corrected chi connectivity index (χ3v) is 8.29. The van der Waals surface area contributed by atoms with Crippen molar-refractivity contribution in [2.24, 2.45) is 5.92 Å². The number of nitrogens with one attached hydrogen (secondary N) is 2. The van der Waals surface area contributed by atoms with Crippen molar-refractivity contribution in [2.75, 3.05) is 10.2 Å². The zero-order valence-electron chi connectivity index (χ0n) is 21.8. The van der Waals surface area contributed by atoms with Crippen LogP contribution in [-0.4, -0.2) is 25.6 Å². The Balaban J connectivity index is 1.45. The van der Waals surface area contributed by atoms with Crippen molar-refractivity contribution in [3.8, 4) is 5.13 Å². The van der Waals surface area contributed by atoms with Crippen LogP contribution in [0.1, 0.15) is 42.9 Å². The first-order chi connectivity index (χ1) is 18.9. The molecule has 2 atom stereocenters. The number of carbonyl (C=O) groups excluding carboxylic acids is 1. The lowest BCUT2D eigenvalue weighted by atomic mass is 10.0. The highest BCUT2D eigenvalue weighted by atomic mass is 32.1. The number of hydrogen-bond acceptors (Lipinski definition) is 5. The second-order valence-corrected chi connectivity index (χ2v) is 11.3. The van der Waals surface area contributed by atoms with Crippen LogP contribution in [-0.2, 0) is 4.79 Å². The first-order valence-corrected chi connectivity index (χ1v) is 14.1. The molecule has 1 saturated heterocycles. The van der Waals surface area contributed by atoms with Crippen LogP contribution in [0.25, 0.3) is 15.3 Å². The molecule has 0 saturated carbocycles. The van der Waals surface area contributed by atoms with Gasteiger partial charge in [0.15, 0.2) is 10.2 Å². The van der Waals surface area contributed by atoms with Gasteiger partial charge in [0.05, 0.1) is 27.6 Å². The normalized spacial score (nSPS) is 17.1. The van der Waals surface area contributed by atoms with E-state index in [1.165, 1.54) is 0 Å². The van der Waals surface area contributed by atoms with Gasteiger partial charge in [0.2, 0.25) is 5.91 Å². The number of para-hydroxylation sites is 1. The smallest absolute Gasteiger partial charge is 0.226 e. The van der Waals surface area contributed by atoms with Gasteiger partial charge in [-0.1, -0.05) is 43.4 Å². The van der Waals surface area contributed by atoms with Crippen LogP contribution < -0.4 is 15.5 Å². The standard InChI is InChI=1S/C30H28N6OS2/c1-18(2)28(37)32-21-14-13-20(17-19(21)3)36-27(26(34-29(36)38)23-10-6-7-15-31-23)24-11-8-16-35(24)30-33-22-9-4-5-12-25(22)39-30/h4-18,26-27H,1-3H3,(H,32,37)(H,34,38). The first kappa shape index (κ1) is 25.2. The lowest BCUT2D eigenvalue weighted by molar-refractivity contribution is -0.118. The Morgan fingerprint density at radius 3 is 2.64 bits per heavy atom. The molecule has 1 amide bonds. The van der Waals surface area contributed by atoms with E-state index in [0.29, 0.717) is 5.11 Å². The quantitative estimate of drug-likeness (QED) is 0.232. The van der Waals surface area contributed by atoms with E-state index in [2.05, 4.69) is 49.5 Å². The molecule has 39 heavy (non-hydrogen) atoms. The minimum atomic E-state index is -0.190. The molecule has 0 aliphatic carbocycles. The van der Waals surface area contributed by atoms with Crippen molar-refractivity contribution >= 4 is 56.2 Å². The fourth-order valence-electron chi connectivity index (χ4n) is 4.92. The number of amides is 1. The SMILES string of the molecule is Cc1cc(N2C(=S)NC(c3ccccn3)C2c2cccn2-c2nc3ccccc3s2)ccc1NC(=O)C(C)C. The minimum Gasteiger partial charge on any atom is -0.351 e. The van der Waals surface area contributed by atoms with E-state index < -0.39 is 0 Å². The molecule has 2 N–H and O–H groups in total. The number of pyridine rings is 1. The van der Waals surface area contributed by atoms with E-state index in [4.69, 9.17) is 17.2 Å². The van der Waals surface area contributed by atoms with Gasteiger partial charge in [-0.05, 0) is 79.3 Å². The number of thiazole rings is 1. The maximum Gasteiger partial charge on any atom is 0.226 e. The molecular formula is C30H28N6OS2. The second-order valence-electron chi connectivity index (χ2n) is 9.91. The van der Waals surface area contributed by atoms with Gasteiger partial charge < -0.3 is 15.5 Å². The summed E-state index contributed by atoms with van der Waals surface area (Å²) in [5.41, 5.74) is 5.63. The number of carbonyl (C=O) groups is 1. The Morgan fingerprint density at radius 1 is 1.08 bits per heavy atom. The zero-order valence-corrected chi connectivity index (χ0v) is 23.5. The van der Waals surface area contributed by atoms with Crippen LogP contribution in [0.2, 0.25) is 0 Å². The Bertz CT molecular complexity index is 1640. The minimum absolute atomic E-state index is 0.00837. The topological polar surface area (TPSA) is 75.1 Å². The number of benzene rings is 2. The molecule has 2 aromatic carbocycles. The summed E-state index contributed by atoms with van der Waals surface area (Å²) in [4.78, 5) is 24.1. The van der Waals surface area contributed by atoms with Gasteiger partial charge in [-0.3, -0.25) is 14.3 Å². The molecular weight excluding hydrogens is 525 g/mol. The number of rotatable bonds is 6. The van der Waals surface area contributed by atoms with Gasteiger partial charge in [0.1, 0.15) is 6.04 Å². The van der Waals surface area contributed by atoms with Crippen molar-refractivity contribution in [1.82, 2.24) is 19.9 Å². The van der Waals surface area contributed by atoms with Gasteiger partial charge in [-0.2, -0.15) is 0 Å². The van der Waals surface area contributed by atoms with Gasteiger partial charge in [-0.25, -0.2) is 4.98 Å². The Morgan fingerprint density at radius 2 is 1.90 bits per heavy atom. The molecule has 3 aromatic heterocycles. The lowest BCUT2D eigenvalue weighted by Crippen LogP contribution is -2.30. The van der Waals surface area contributed by atoms with Crippen LogP contribution in [0.4, 0.5) is 11.4 Å². The molecule has 2 unspecified atom stereocenters. The van der Waals surface area contributed by atoms with Gasteiger partial charge in [0.25, 0.3) is 0 Å². The summed E-state index contributed by atoms with van der Waals surface area (Å²) < 4.78 is 3.29. The summed E-state index contributed by atoms with van der Waals surface area (Å²) in [6, 6.07) is 24.0. The van der Waals surface area contributed by atoms with Crippen LogP contribution in [0.5, 0.6) is 0 Å². The average molecular weight is 553 g/mol. The van der Waals surface area contributed by atoms with Crippen molar-refractivity contribution < 1.29 is 4.79 Å². The van der Waals surface area contributed by atoms with E-state index in [9.17, 15) is 4.79 Å². The van der Waals surface area contributed by atoms with Crippen molar-refractivity contribution in [1.29, 1.82) is 0 Å². The predicted octanol–water partition coefficient (Wildman–Crippen LogP) is 6.56. The highest BCUT2D eigenvalue weighted by Gasteiger charge is 2.42. The summed E-state index contributed by atoms with van der Waals surface area (Å²) in [5.74, 6) is -0.107. The molecule has 0 radical (unpaired) electrons. The summed E-state index contributed by atoms with van der Waals surface area (Å²) in [6.07, 6.45) is 3.86. The first-order valence-electron chi connectivity index (χ1n) is 12.9. The average Bonchev–Trinajstić information content (AvgIpc) is 3.66. The number of aryl methyl sites for hydroxylation is 1. The van der Waals surface area contributed by atoms with Gasteiger partial charge in [0, 0.05) is 29.7 Å². The molecule has 1 aliphatic heterocycles. The number of fused-ring (bicyclic) bond motifs is 1. The fourth-order valence-corrected chi connectivity index (χ4v) is 6.24. The molecule has 196 valence electrons. The summed E-state index contributed by atoms with van der Waals surface area (Å²) in [7, 11) is 0. The van der Waals surface area contributed by atoms with E-state index in [-0.39, 0.29) is 23.9 Å². The highest BCUT2D eigenvalue weighted by Crippen LogP contribution is 2.43. The lowest BCUT2D eigenvalue weighted by Gasteiger charge is -2.29. The molecule has 1 aliphatic rings. The molecule has 0 spiro atoms. The highest BCUT2D eigenvalue weighted by molar-refractivity contribution is 7.80. The van der Waals surface area contributed by atoms with Gasteiger partial charge in [-0.15, -0.1) is 0 Å². The Kier molecular flexibility index (Phi) is 6.62. The second kappa shape index (κ2) is 10.2. The maximum atomic E-state index is 12.3. The molecule has 5 aromatic rings. The molecule has 4 heterocycles. The Labute approximate surface area is 236 Å². The van der Waals surface area contributed by atoms with Gasteiger partial charge >= 0.3 is 0 Å². The van der Waals surface area contributed by atoms with Crippen LogP contribution in [0.15, 0.2) is 85.2 Å². The summed E-state index contributed by atoms with van der Waals surface area (Å²) >= 11 is 7.60. The van der Waals surface area contributed by atoms with E-state index in [0.717, 1.165) is 43.7 Å². The van der Waals surface area contributed by atoms with Crippen molar-refractivity contribution in [3.05, 3.63) is 102 Å². The maximum absolute atomic E-state index is 12.3. The Hall–Kier alpha value is -4.08. The van der Waals surface area contributed by atoms with E-state index in [1.54, 1.807) is 11.3 Å². The largest absolute Gasteiger partial charge is 0.351 e. The van der Waals surface area contributed by atoms with Crippen LogP contribution in [0, 0.1) is 12.8 Å². The molecule has 9 heteroatoms. The fraction of sp³-hybridized carbons (Fsp3) is 0.200. The number of nitrogens with zero attached hydrogens (tertiary/aromatic N) is 4. The zero-order chi connectivity index (χ0) is 27.1. The third-order valence-electron chi connectivity index (χ3n) is 6.94. The molecule has 6 rings (SSSR count). The predicted molar refractivity (Wildman–Crippen MR) is 162 cm³/mol. The molecule has 1 fully saturated rings. The van der Waals surface area contributed by atoms with E-state index >= 15 is 0 Å². The summed E-state index contributed by atoms with van der Waals surface area (Å²) in [5, 5.41) is 8.08. The van der Waals surface area contributed by atoms with Crippen molar-refractivity contribution in [3.63, 3.8) is 0 Å². The molecule has 7 nitrogen and oxygen atoms in total. The monoisotopic (exact) mass is 552 g/mol. The number of aromatic nitrogens is 3. The van der Waals surface area contributed by atoms with E-state index in [1.807, 2.05) is 81.6 Å². The number of hydrogen-bond donors (Lipinski definition) is 2.